The second kappa shape index (κ2) is 14.4. The summed E-state index contributed by atoms with van der Waals surface area (Å²) in [6, 6.07) is 18.1. The lowest BCUT2D eigenvalue weighted by molar-refractivity contribution is -0.150. The molecule has 0 aliphatic heterocycles. The molecule has 0 saturated carbocycles. The molecule has 11 nitrogen and oxygen atoms in total. The summed E-state index contributed by atoms with van der Waals surface area (Å²) in [5.41, 5.74) is 7.97. The number of nitrogens with one attached hydrogen (secondary N) is 3. The first-order chi connectivity index (χ1) is 19.4. The minimum Gasteiger partial charge on any atom is -0.493 e. The van der Waals surface area contributed by atoms with E-state index in [0.717, 1.165) is 17.4 Å². The molecule has 3 aromatic carbocycles. The van der Waals surface area contributed by atoms with Crippen LogP contribution in [0.3, 0.4) is 0 Å². The van der Waals surface area contributed by atoms with Gasteiger partial charge in [-0.05, 0) is 60.5 Å². The van der Waals surface area contributed by atoms with E-state index in [1.807, 2.05) is 24.8 Å². The van der Waals surface area contributed by atoms with Crippen molar-refractivity contribution in [2.24, 2.45) is 0 Å². The molecular formula is C28H35N3O8S2. The number of hydrazine groups is 1. The number of ether oxygens (including phenoxy) is 2. The van der Waals surface area contributed by atoms with Gasteiger partial charge >= 0.3 is 5.97 Å². The van der Waals surface area contributed by atoms with E-state index in [9.17, 15) is 21.6 Å². The molecule has 1 unspecified atom stereocenters. The maximum absolute atomic E-state index is 13.1. The van der Waals surface area contributed by atoms with Crippen LogP contribution in [0, 0.1) is 6.92 Å². The molecule has 0 amide bonds. The predicted molar refractivity (Wildman–Crippen MR) is 154 cm³/mol. The maximum atomic E-state index is 13.1. The SMILES string of the molecule is CCOc1cc(C(CS(C)(=O)=O)NN[C@@H](Cc2ccccc2)C(=O)ONS(=O)(=O)c2ccc(C)cc2)ccc1OC. The smallest absolute Gasteiger partial charge is 0.344 e. The highest BCUT2D eigenvalue weighted by Crippen LogP contribution is 2.30. The van der Waals surface area contributed by atoms with Gasteiger partial charge in [0.25, 0.3) is 10.0 Å². The molecular weight excluding hydrogens is 570 g/mol. The van der Waals surface area contributed by atoms with Crippen molar-refractivity contribution >= 4 is 25.8 Å². The summed E-state index contributed by atoms with van der Waals surface area (Å²) in [6.45, 7) is 4.00. The van der Waals surface area contributed by atoms with Crippen molar-refractivity contribution in [3.05, 3.63) is 89.5 Å². The van der Waals surface area contributed by atoms with Gasteiger partial charge in [0, 0.05) is 6.26 Å². The van der Waals surface area contributed by atoms with Gasteiger partial charge in [-0.1, -0.05) is 54.1 Å². The van der Waals surface area contributed by atoms with Gasteiger partial charge in [-0.2, -0.15) is 0 Å². The number of aryl methyl sites for hydroxylation is 1. The Morgan fingerprint density at radius 1 is 0.902 bits per heavy atom. The molecule has 3 aromatic rings. The van der Waals surface area contributed by atoms with E-state index >= 15 is 0 Å². The van der Waals surface area contributed by atoms with Crippen molar-refractivity contribution in [3.63, 3.8) is 0 Å². The first-order valence-electron chi connectivity index (χ1n) is 12.7. The zero-order valence-electron chi connectivity index (χ0n) is 23.3. The number of hydrogen-bond donors (Lipinski definition) is 3. The van der Waals surface area contributed by atoms with Crippen molar-refractivity contribution in [2.75, 3.05) is 25.7 Å². The highest BCUT2D eigenvalue weighted by Gasteiger charge is 2.27. The van der Waals surface area contributed by atoms with Gasteiger partial charge in [0.1, 0.15) is 15.9 Å². The fourth-order valence-electron chi connectivity index (χ4n) is 3.88. The molecule has 13 heteroatoms. The molecule has 0 aliphatic carbocycles. The Hall–Kier alpha value is -3.49. The summed E-state index contributed by atoms with van der Waals surface area (Å²) in [4.78, 5) is 20.0. The molecule has 0 bridgehead atoms. The number of hydrogen-bond acceptors (Lipinski definition) is 10. The minimum atomic E-state index is -4.14. The van der Waals surface area contributed by atoms with Crippen LogP contribution < -0.4 is 25.2 Å². The minimum absolute atomic E-state index is 0.0700. The molecule has 0 spiro atoms. The normalized spacial score (nSPS) is 13.3. The summed E-state index contributed by atoms with van der Waals surface area (Å²) in [5.74, 6) is -0.336. The summed E-state index contributed by atoms with van der Waals surface area (Å²) in [6.07, 6.45) is 1.21. The molecule has 3 rings (SSSR count). The monoisotopic (exact) mass is 605 g/mol. The zero-order chi connectivity index (χ0) is 30.0. The third-order valence-electron chi connectivity index (χ3n) is 5.94. The molecule has 0 radical (unpaired) electrons. The summed E-state index contributed by atoms with van der Waals surface area (Å²) >= 11 is 0. The number of rotatable bonds is 15. The van der Waals surface area contributed by atoms with E-state index in [4.69, 9.17) is 14.3 Å². The van der Waals surface area contributed by atoms with Gasteiger partial charge in [0.15, 0.2) is 11.5 Å². The Labute approximate surface area is 241 Å². The molecule has 0 aliphatic rings. The molecule has 0 heterocycles. The molecule has 2 atom stereocenters. The first kappa shape index (κ1) is 32.0. The summed E-state index contributed by atoms with van der Waals surface area (Å²) in [7, 11) is -6.13. The van der Waals surface area contributed by atoms with Gasteiger partial charge in [0.2, 0.25) is 0 Å². The van der Waals surface area contributed by atoms with Crippen LogP contribution in [0.2, 0.25) is 0 Å². The van der Waals surface area contributed by atoms with Crippen molar-refractivity contribution < 1.29 is 35.9 Å². The number of carbonyl (C=O) groups is 1. The van der Waals surface area contributed by atoms with Crippen LogP contribution in [-0.2, 0) is 35.9 Å². The zero-order valence-corrected chi connectivity index (χ0v) is 24.9. The number of sulfonamides is 1. The lowest BCUT2D eigenvalue weighted by Gasteiger charge is -2.24. The van der Waals surface area contributed by atoms with Crippen LogP contribution in [0.25, 0.3) is 0 Å². The highest BCUT2D eigenvalue weighted by molar-refractivity contribution is 7.90. The van der Waals surface area contributed by atoms with Crippen molar-refractivity contribution in [1.82, 2.24) is 15.7 Å². The number of benzene rings is 3. The van der Waals surface area contributed by atoms with Gasteiger partial charge in [-0.3, -0.25) is 0 Å². The van der Waals surface area contributed by atoms with E-state index in [2.05, 4.69) is 10.9 Å². The Balaban J connectivity index is 1.83. The first-order valence-corrected chi connectivity index (χ1v) is 16.3. The predicted octanol–water partition coefficient (Wildman–Crippen LogP) is 2.63. The Kier molecular flexibility index (Phi) is 11.3. The van der Waals surface area contributed by atoms with Crippen LogP contribution in [0.5, 0.6) is 11.5 Å². The second-order valence-corrected chi connectivity index (χ2v) is 13.2. The van der Waals surface area contributed by atoms with Gasteiger partial charge in [-0.15, -0.1) is 0 Å². The average molecular weight is 606 g/mol. The Morgan fingerprint density at radius 2 is 1.59 bits per heavy atom. The lowest BCUT2D eigenvalue weighted by atomic mass is 10.1. The van der Waals surface area contributed by atoms with E-state index in [0.29, 0.717) is 23.7 Å². The number of sulfone groups is 1. The maximum Gasteiger partial charge on any atom is 0.344 e. The summed E-state index contributed by atoms with van der Waals surface area (Å²) in [5, 5.41) is 0. The molecule has 0 aromatic heterocycles. The van der Waals surface area contributed by atoms with Gasteiger partial charge < -0.3 is 14.3 Å². The van der Waals surface area contributed by atoms with Crippen LogP contribution in [0.4, 0.5) is 0 Å². The molecule has 3 N–H and O–H groups in total. The van der Waals surface area contributed by atoms with Gasteiger partial charge in [-0.25, -0.2) is 32.5 Å². The van der Waals surface area contributed by atoms with E-state index < -0.39 is 37.9 Å². The van der Waals surface area contributed by atoms with Gasteiger partial charge in [0.05, 0.1) is 30.4 Å². The third-order valence-corrected chi connectivity index (χ3v) is 8.08. The van der Waals surface area contributed by atoms with Crippen molar-refractivity contribution in [1.29, 1.82) is 0 Å². The Bertz CT molecular complexity index is 1510. The fraction of sp³-hybridized carbons (Fsp3) is 0.321. The summed E-state index contributed by atoms with van der Waals surface area (Å²) < 4.78 is 60.9. The van der Waals surface area contributed by atoms with Crippen LogP contribution in [-0.4, -0.2) is 54.6 Å². The molecule has 222 valence electrons. The topological polar surface area (TPSA) is 149 Å². The lowest BCUT2D eigenvalue weighted by Crippen LogP contribution is -2.51. The van der Waals surface area contributed by atoms with Crippen LogP contribution >= 0.6 is 0 Å². The second-order valence-electron chi connectivity index (χ2n) is 9.34. The molecule has 0 fully saturated rings. The number of methoxy groups -OCH3 is 1. The quantitative estimate of drug-likeness (QED) is 0.221. The van der Waals surface area contributed by atoms with Crippen molar-refractivity contribution in [3.8, 4) is 11.5 Å². The average Bonchev–Trinajstić information content (AvgIpc) is 2.93. The number of carbonyl (C=O) groups excluding carboxylic acids is 1. The fourth-order valence-corrected chi connectivity index (χ4v) is 5.54. The molecule has 0 saturated heterocycles. The van der Waals surface area contributed by atoms with Crippen LogP contribution in [0.1, 0.15) is 29.7 Å². The Morgan fingerprint density at radius 3 is 2.20 bits per heavy atom. The van der Waals surface area contributed by atoms with Crippen LogP contribution in [0.15, 0.2) is 77.7 Å². The third kappa shape index (κ3) is 9.83. The molecule has 41 heavy (non-hydrogen) atoms. The van der Waals surface area contributed by atoms with Crippen molar-refractivity contribution in [2.45, 2.75) is 37.2 Å². The standard InChI is InChI=1S/C28H35N3O8S2/c1-5-38-27-18-22(13-16-26(27)37-3)25(19-40(4,33)34)30-29-24(17-21-9-7-6-8-10-21)28(32)39-31-41(35,36)23-14-11-20(2)12-15-23/h6-16,18,24-25,29-31H,5,17,19H2,1-4H3/t24-,25?/m0/s1. The largest absolute Gasteiger partial charge is 0.493 e. The van der Waals surface area contributed by atoms with E-state index in [1.54, 1.807) is 54.6 Å². The highest BCUT2D eigenvalue weighted by atomic mass is 32.2. The van der Waals surface area contributed by atoms with E-state index in [-0.39, 0.29) is 17.1 Å². The van der Waals surface area contributed by atoms with E-state index in [1.165, 1.54) is 19.2 Å².